The minimum absolute atomic E-state index is 0.272. The van der Waals surface area contributed by atoms with Gasteiger partial charge in [-0.25, -0.2) is 0 Å². The van der Waals surface area contributed by atoms with Crippen molar-refractivity contribution in [1.29, 1.82) is 0 Å². The Balaban J connectivity index is 1.72. The molecule has 2 heterocycles. The number of nitrogens with zero attached hydrogens (tertiary/aromatic N) is 1. The summed E-state index contributed by atoms with van der Waals surface area (Å²) in [5.41, 5.74) is 0.907. The SMILES string of the molecule is O=C1NCCN(C(=O)c2cc(Cl)c3c(c2)OCCO3)C1c1ccccc1Cl. The zero-order valence-corrected chi connectivity index (χ0v) is 15.7. The first-order chi connectivity index (χ1) is 13.1. The van der Waals surface area contributed by atoms with E-state index in [1.165, 1.54) is 11.0 Å². The number of carbonyl (C=O) groups is 2. The summed E-state index contributed by atoms with van der Waals surface area (Å²) in [5, 5.41) is 3.52. The largest absolute Gasteiger partial charge is 0.486 e. The first kappa shape index (κ1) is 17.9. The summed E-state index contributed by atoms with van der Waals surface area (Å²) in [5.74, 6) is 0.256. The van der Waals surface area contributed by atoms with Crippen LogP contribution in [0.2, 0.25) is 10.0 Å². The molecule has 6 nitrogen and oxygen atoms in total. The molecule has 0 radical (unpaired) electrons. The van der Waals surface area contributed by atoms with E-state index in [1.54, 1.807) is 30.3 Å². The fourth-order valence-corrected chi connectivity index (χ4v) is 3.80. The molecule has 0 spiro atoms. The van der Waals surface area contributed by atoms with E-state index >= 15 is 0 Å². The third kappa shape index (κ3) is 3.31. The number of halogens is 2. The van der Waals surface area contributed by atoms with Crippen LogP contribution in [-0.2, 0) is 4.79 Å². The molecule has 1 atom stereocenters. The summed E-state index contributed by atoms with van der Waals surface area (Å²) in [6, 6.07) is 9.32. The number of fused-ring (bicyclic) bond motifs is 1. The molecular weight excluding hydrogens is 391 g/mol. The number of rotatable bonds is 2. The van der Waals surface area contributed by atoms with E-state index in [4.69, 9.17) is 32.7 Å². The van der Waals surface area contributed by atoms with Gasteiger partial charge in [-0.3, -0.25) is 9.59 Å². The minimum Gasteiger partial charge on any atom is -0.486 e. The summed E-state index contributed by atoms with van der Waals surface area (Å²) in [7, 11) is 0. The second-order valence-electron chi connectivity index (χ2n) is 6.20. The van der Waals surface area contributed by atoms with Gasteiger partial charge < -0.3 is 19.7 Å². The lowest BCUT2D eigenvalue weighted by atomic mass is 10.0. The normalized spacial score (nSPS) is 18.8. The molecule has 8 heteroatoms. The van der Waals surface area contributed by atoms with E-state index in [2.05, 4.69) is 5.32 Å². The van der Waals surface area contributed by atoms with Crippen molar-refractivity contribution in [2.24, 2.45) is 0 Å². The molecule has 0 bridgehead atoms. The standard InChI is InChI=1S/C19H16Cl2N2O4/c20-13-4-2-1-3-12(13)16-18(24)22-5-6-23(16)19(25)11-9-14(21)17-15(10-11)26-7-8-27-17/h1-4,9-10,16H,5-8H2,(H,22,24). The van der Waals surface area contributed by atoms with E-state index in [1.807, 2.05) is 0 Å². The van der Waals surface area contributed by atoms with Gasteiger partial charge in [-0.2, -0.15) is 0 Å². The number of amides is 2. The van der Waals surface area contributed by atoms with Gasteiger partial charge in [-0.15, -0.1) is 0 Å². The molecule has 0 saturated carbocycles. The second kappa shape index (κ2) is 7.29. The maximum absolute atomic E-state index is 13.2. The van der Waals surface area contributed by atoms with Crippen molar-refractivity contribution in [3.05, 3.63) is 57.6 Å². The van der Waals surface area contributed by atoms with Crippen molar-refractivity contribution >= 4 is 35.0 Å². The van der Waals surface area contributed by atoms with Crippen molar-refractivity contribution < 1.29 is 19.1 Å². The van der Waals surface area contributed by atoms with Crippen LogP contribution >= 0.6 is 23.2 Å². The van der Waals surface area contributed by atoms with Gasteiger partial charge in [0.25, 0.3) is 5.91 Å². The van der Waals surface area contributed by atoms with Crippen LogP contribution in [0.15, 0.2) is 36.4 Å². The van der Waals surface area contributed by atoms with Crippen LogP contribution in [-0.4, -0.2) is 43.0 Å². The Hall–Kier alpha value is -2.44. The van der Waals surface area contributed by atoms with Crippen LogP contribution in [0.4, 0.5) is 0 Å². The molecule has 27 heavy (non-hydrogen) atoms. The average molecular weight is 407 g/mol. The summed E-state index contributed by atoms with van der Waals surface area (Å²) < 4.78 is 11.0. The van der Waals surface area contributed by atoms with E-state index in [0.717, 1.165) is 0 Å². The van der Waals surface area contributed by atoms with E-state index in [0.29, 0.717) is 59.0 Å². The fraction of sp³-hybridized carbons (Fsp3) is 0.263. The Morgan fingerprint density at radius 3 is 2.70 bits per heavy atom. The Labute approximate surface area is 165 Å². The smallest absolute Gasteiger partial charge is 0.255 e. The lowest BCUT2D eigenvalue weighted by Gasteiger charge is -2.36. The van der Waals surface area contributed by atoms with Crippen molar-refractivity contribution in [2.75, 3.05) is 26.3 Å². The Morgan fingerprint density at radius 1 is 1.11 bits per heavy atom. The number of hydrogen-bond donors (Lipinski definition) is 1. The molecule has 1 unspecified atom stereocenters. The van der Waals surface area contributed by atoms with Gasteiger partial charge in [0.1, 0.15) is 19.3 Å². The van der Waals surface area contributed by atoms with E-state index in [9.17, 15) is 9.59 Å². The molecule has 2 aromatic rings. The monoisotopic (exact) mass is 406 g/mol. The number of piperazine rings is 1. The van der Waals surface area contributed by atoms with Crippen molar-refractivity contribution in [3.63, 3.8) is 0 Å². The zero-order chi connectivity index (χ0) is 19.0. The molecular formula is C19H16Cl2N2O4. The molecule has 140 valence electrons. The highest BCUT2D eigenvalue weighted by atomic mass is 35.5. The number of ether oxygens (including phenoxy) is 2. The highest BCUT2D eigenvalue weighted by Gasteiger charge is 2.36. The van der Waals surface area contributed by atoms with E-state index in [-0.39, 0.29) is 11.8 Å². The molecule has 2 amide bonds. The Bertz CT molecular complexity index is 919. The van der Waals surface area contributed by atoms with Gasteiger partial charge in [0.2, 0.25) is 5.91 Å². The van der Waals surface area contributed by atoms with E-state index < -0.39 is 6.04 Å². The molecule has 2 aliphatic heterocycles. The maximum atomic E-state index is 13.2. The number of carbonyl (C=O) groups excluding carboxylic acids is 2. The van der Waals surface area contributed by atoms with Gasteiger partial charge in [0.15, 0.2) is 11.5 Å². The molecule has 0 aromatic heterocycles. The van der Waals surface area contributed by atoms with Crippen LogP contribution in [0.25, 0.3) is 0 Å². The topological polar surface area (TPSA) is 67.9 Å². The lowest BCUT2D eigenvalue weighted by Crippen LogP contribution is -2.52. The predicted molar refractivity (Wildman–Crippen MR) is 101 cm³/mol. The van der Waals surface area contributed by atoms with Crippen molar-refractivity contribution in [3.8, 4) is 11.5 Å². The van der Waals surface area contributed by atoms with Gasteiger partial charge in [-0.05, 0) is 18.2 Å². The van der Waals surface area contributed by atoms with Crippen LogP contribution in [0, 0.1) is 0 Å². The Kier molecular flexibility index (Phi) is 4.85. The first-order valence-corrected chi connectivity index (χ1v) is 9.24. The molecule has 2 aromatic carbocycles. The molecule has 1 saturated heterocycles. The van der Waals surface area contributed by atoms with Crippen LogP contribution in [0.5, 0.6) is 11.5 Å². The van der Waals surface area contributed by atoms with Crippen molar-refractivity contribution in [2.45, 2.75) is 6.04 Å². The lowest BCUT2D eigenvalue weighted by molar-refractivity contribution is -0.128. The quantitative estimate of drug-likeness (QED) is 0.831. The van der Waals surface area contributed by atoms with Crippen molar-refractivity contribution in [1.82, 2.24) is 10.2 Å². The molecule has 4 rings (SSSR count). The van der Waals surface area contributed by atoms with Gasteiger partial charge >= 0.3 is 0 Å². The fourth-order valence-electron chi connectivity index (χ4n) is 3.29. The van der Waals surface area contributed by atoms with Gasteiger partial charge in [0.05, 0.1) is 5.02 Å². The summed E-state index contributed by atoms with van der Waals surface area (Å²) in [6.07, 6.45) is 0. The minimum atomic E-state index is -0.813. The highest BCUT2D eigenvalue weighted by Crippen LogP contribution is 2.39. The van der Waals surface area contributed by atoms with Gasteiger partial charge in [0, 0.05) is 29.2 Å². The molecule has 2 aliphatic rings. The maximum Gasteiger partial charge on any atom is 0.255 e. The zero-order valence-electron chi connectivity index (χ0n) is 14.2. The third-order valence-corrected chi connectivity index (χ3v) is 5.14. The second-order valence-corrected chi connectivity index (χ2v) is 7.01. The number of benzene rings is 2. The van der Waals surface area contributed by atoms with Crippen LogP contribution in [0.3, 0.4) is 0 Å². The summed E-state index contributed by atoms with van der Waals surface area (Å²) >= 11 is 12.5. The average Bonchev–Trinajstić information content (AvgIpc) is 2.68. The summed E-state index contributed by atoms with van der Waals surface area (Å²) in [6.45, 7) is 1.51. The third-order valence-electron chi connectivity index (χ3n) is 4.52. The molecule has 1 N–H and O–H groups in total. The van der Waals surface area contributed by atoms with Crippen LogP contribution < -0.4 is 14.8 Å². The van der Waals surface area contributed by atoms with Crippen LogP contribution in [0.1, 0.15) is 22.0 Å². The highest BCUT2D eigenvalue weighted by molar-refractivity contribution is 6.33. The van der Waals surface area contributed by atoms with Gasteiger partial charge in [-0.1, -0.05) is 41.4 Å². The molecule has 1 fully saturated rings. The Morgan fingerprint density at radius 2 is 1.89 bits per heavy atom. The summed E-state index contributed by atoms with van der Waals surface area (Å²) in [4.78, 5) is 27.3. The predicted octanol–water partition coefficient (Wildman–Crippen LogP) is 3.08. The molecule has 0 aliphatic carbocycles. The number of hydrogen-bond acceptors (Lipinski definition) is 4. The number of nitrogens with one attached hydrogen (secondary N) is 1. The first-order valence-electron chi connectivity index (χ1n) is 8.48.